The molecule has 3 aromatic heterocycles. The van der Waals surface area contributed by atoms with Gasteiger partial charge in [0.2, 0.25) is 0 Å². The molecular weight excluding hydrogens is 905 g/mol. The van der Waals surface area contributed by atoms with E-state index in [1.807, 2.05) is 152 Å². The smallest absolute Gasteiger partial charge is 0.164 e. The van der Waals surface area contributed by atoms with E-state index in [1.54, 1.807) is 0 Å². The summed E-state index contributed by atoms with van der Waals surface area (Å²) >= 11 is 0. The van der Waals surface area contributed by atoms with Crippen molar-refractivity contribution >= 4 is 43.6 Å². The van der Waals surface area contributed by atoms with E-state index in [1.165, 1.54) is 0 Å². The molecule has 342 valence electrons. The lowest BCUT2D eigenvalue weighted by molar-refractivity contribution is 1.07. The minimum atomic E-state index is 0.437. The molecule has 0 aliphatic carbocycles. The van der Waals surface area contributed by atoms with Crippen molar-refractivity contribution in [3.63, 3.8) is 0 Å². The van der Waals surface area contributed by atoms with E-state index >= 15 is 0 Å². The van der Waals surface area contributed by atoms with E-state index < -0.39 is 0 Å². The Labute approximate surface area is 425 Å². The molecule has 0 amide bonds. The summed E-state index contributed by atoms with van der Waals surface area (Å²) in [5.74, 6) is 1.46. The van der Waals surface area contributed by atoms with Crippen LogP contribution in [0.1, 0.15) is 16.7 Å². The SMILES string of the molecule is N#Cc1ccccc1-c1ccc2c(c1)c1ccccc1n2-c1cccc(C#N)c1-c1c(-c2nc(-c3ccccc3)nc(-c3ccccc3)n2)cccc1-n1c2ccccc2c2cc(-c3ccccc3C#N)ccc21. The van der Waals surface area contributed by atoms with Gasteiger partial charge in [0.05, 0.1) is 68.3 Å². The Morgan fingerprint density at radius 2 is 0.676 bits per heavy atom. The summed E-state index contributed by atoms with van der Waals surface area (Å²) in [6, 6.07) is 84.2. The Morgan fingerprint density at radius 1 is 0.284 bits per heavy atom. The predicted molar refractivity (Wildman–Crippen MR) is 295 cm³/mol. The van der Waals surface area contributed by atoms with Gasteiger partial charge in [0.15, 0.2) is 17.5 Å². The van der Waals surface area contributed by atoms with E-state index in [-0.39, 0.29) is 0 Å². The van der Waals surface area contributed by atoms with Gasteiger partial charge in [-0.15, -0.1) is 0 Å². The molecule has 0 atom stereocenters. The summed E-state index contributed by atoms with van der Waals surface area (Å²) < 4.78 is 4.54. The van der Waals surface area contributed by atoms with Crippen molar-refractivity contribution < 1.29 is 0 Å². The first-order valence-electron chi connectivity index (χ1n) is 24.2. The molecule has 8 heteroatoms. The second-order valence-corrected chi connectivity index (χ2v) is 18.0. The number of rotatable bonds is 8. The monoisotopic (exact) mass is 942 g/mol. The summed E-state index contributed by atoms with van der Waals surface area (Å²) in [6.07, 6.45) is 0. The summed E-state index contributed by atoms with van der Waals surface area (Å²) in [5, 5.41) is 35.8. The van der Waals surface area contributed by atoms with Gasteiger partial charge in [-0.2, -0.15) is 15.8 Å². The fourth-order valence-corrected chi connectivity index (χ4v) is 10.7. The molecule has 0 radical (unpaired) electrons. The minimum absolute atomic E-state index is 0.437. The zero-order valence-electron chi connectivity index (χ0n) is 39.5. The van der Waals surface area contributed by atoms with Crippen molar-refractivity contribution in [2.45, 2.75) is 0 Å². The lowest BCUT2D eigenvalue weighted by Crippen LogP contribution is -2.07. The fourth-order valence-electron chi connectivity index (χ4n) is 10.7. The average Bonchev–Trinajstić information content (AvgIpc) is 3.99. The molecular formula is C66H38N8. The number of benzene rings is 10. The first-order chi connectivity index (χ1) is 36.6. The second kappa shape index (κ2) is 17.9. The molecule has 10 aromatic carbocycles. The summed E-state index contributed by atoms with van der Waals surface area (Å²) in [5.41, 5.74) is 14.4. The number of aromatic nitrogens is 5. The molecule has 8 nitrogen and oxygen atoms in total. The standard InChI is InChI=1S/C66H38N8/c67-39-46-21-7-9-24-49(46)44-33-35-58-54(37-44)51-26-11-13-29-56(51)73(58)60-31-15-23-48(41-69)62(60)63-53(66-71-64(42-17-3-1-4-18-42)70-65(72-66)43-19-5-2-6-20-43)28-16-32-61(63)74-57-30-14-12-27-52(57)55-38-45(34-36-59(55)74)50-25-10-8-22-47(50)40-68/h1-38H. The first kappa shape index (κ1) is 43.3. The number of hydrogen-bond donors (Lipinski definition) is 0. The van der Waals surface area contributed by atoms with Crippen LogP contribution in [0.3, 0.4) is 0 Å². The fraction of sp³-hybridized carbons (Fsp3) is 0. The van der Waals surface area contributed by atoms with E-state index in [0.717, 1.165) is 93.9 Å². The van der Waals surface area contributed by atoms with Crippen LogP contribution in [0.5, 0.6) is 0 Å². The lowest BCUT2D eigenvalue weighted by atomic mass is 9.91. The minimum Gasteiger partial charge on any atom is -0.309 e. The maximum Gasteiger partial charge on any atom is 0.164 e. The Morgan fingerprint density at radius 3 is 1.19 bits per heavy atom. The molecule has 0 N–H and O–H groups in total. The predicted octanol–water partition coefficient (Wildman–Crippen LogP) is 15.7. The van der Waals surface area contributed by atoms with Gasteiger partial charge in [0, 0.05) is 49.4 Å². The molecule has 0 aliphatic heterocycles. The topological polar surface area (TPSA) is 120 Å². The van der Waals surface area contributed by atoms with Gasteiger partial charge in [0.1, 0.15) is 0 Å². The molecule has 3 heterocycles. The Hall–Kier alpha value is -10.7. The van der Waals surface area contributed by atoms with Gasteiger partial charge in [0.25, 0.3) is 0 Å². The normalized spacial score (nSPS) is 11.2. The Balaban J connectivity index is 1.15. The molecule has 13 rings (SSSR count). The van der Waals surface area contributed by atoms with Crippen molar-refractivity contribution in [3.8, 4) is 97.1 Å². The second-order valence-electron chi connectivity index (χ2n) is 18.0. The van der Waals surface area contributed by atoms with Crippen LogP contribution in [0.4, 0.5) is 0 Å². The quantitative estimate of drug-likeness (QED) is 0.150. The zero-order chi connectivity index (χ0) is 49.7. The van der Waals surface area contributed by atoms with Gasteiger partial charge >= 0.3 is 0 Å². The van der Waals surface area contributed by atoms with Crippen LogP contribution in [0.2, 0.25) is 0 Å². The Kier molecular flexibility index (Phi) is 10.5. The maximum atomic E-state index is 11.5. The van der Waals surface area contributed by atoms with Crippen molar-refractivity contribution in [1.82, 2.24) is 24.1 Å². The van der Waals surface area contributed by atoms with Crippen LogP contribution >= 0.6 is 0 Å². The first-order valence-corrected chi connectivity index (χ1v) is 24.2. The van der Waals surface area contributed by atoms with Crippen molar-refractivity contribution in [3.05, 3.63) is 247 Å². The average molecular weight is 943 g/mol. The van der Waals surface area contributed by atoms with Crippen LogP contribution in [-0.2, 0) is 0 Å². The molecule has 0 saturated carbocycles. The molecule has 0 spiro atoms. The lowest BCUT2D eigenvalue weighted by Gasteiger charge is -2.22. The third kappa shape index (κ3) is 7.09. The largest absolute Gasteiger partial charge is 0.309 e. The van der Waals surface area contributed by atoms with Crippen LogP contribution in [-0.4, -0.2) is 24.1 Å². The number of nitrogens with zero attached hydrogens (tertiary/aromatic N) is 8. The number of para-hydroxylation sites is 2. The van der Waals surface area contributed by atoms with Gasteiger partial charge in [-0.1, -0.05) is 164 Å². The molecule has 0 unspecified atom stereocenters. The van der Waals surface area contributed by atoms with Crippen LogP contribution in [0.25, 0.3) is 123 Å². The molecule has 0 aliphatic rings. The highest BCUT2D eigenvalue weighted by Gasteiger charge is 2.27. The number of hydrogen-bond acceptors (Lipinski definition) is 6. The van der Waals surface area contributed by atoms with Crippen molar-refractivity contribution in [1.29, 1.82) is 15.8 Å². The third-order valence-corrected chi connectivity index (χ3v) is 13.9. The molecule has 0 saturated heterocycles. The molecule has 13 aromatic rings. The summed E-state index contributed by atoms with van der Waals surface area (Å²) in [4.78, 5) is 15.7. The van der Waals surface area contributed by atoms with Gasteiger partial charge in [-0.3, -0.25) is 0 Å². The van der Waals surface area contributed by atoms with E-state index in [9.17, 15) is 15.8 Å². The van der Waals surface area contributed by atoms with E-state index in [0.29, 0.717) is 45.3 Å². The Bertz CT molecular complexity index is 4470. The van der Waals surface area contributed by atoms with E-state index in [2.05, 4.69) is 106 Å². The van der Waals surface area contributed by atoms with Gasteiger partial charge in [-0.05, 0) is 89.0 Å². The maximum absolute atomic E-state index is 11.5. The highest BCUT2D eigenvalue weighted by molar-refractivity contribution is 6.13. The van der Waals surface area contributed by atoms with E-state index in [4.69, 9.17) is 15.0 Å². The zero-order valence-corrected chi connectivity index (χ0v) is 39.5. The molecule has 0 fully saturated rings. The van der Waals surface area contributed by atoms with Crippen molar-refractivity contribution in [2.24, 2.45) is 0 Å². The number of fused-ring (bicyclic) bond motifs is 6. The third-order valence-electron chi connectivity index (χ3n) is 13.9. The summed E-state index contributed by atoms with van der Waals surface area (Å²) in [7, 11) is 0. The molecule has 74 heavy (non-hydrogen) atoms. The van der Waals surface area contributed by atoms with Gasteiger partial charge in [-0.25, -0.2) is 15.0 Å². The molecule has 0 bridgehead atoms. The number of nitriles is 3. The highest BCUT2D eigenvalue weighted by atomic mass is 15.0. The van der Waals surface area contributed by atoms with Crippen LogP contribution < -0.4 is 0 Å². The highest BCUT2D eigenvalue weighted by Crippen LogP contribution is 2.47. The van der Waals surface area contributed by atoms with Crippen LogP contribution in [0, 0.1) is 34.0 Å². The van der Waals surface area contributed by atoms with Gasteiger partial charge < -0.3 is 9.13 Å². The summed E-state index contributed by atoms with van der Waals surface area (Å²) in [6.45, 7) is 0. The van der Waals surface area contributed by atoms with Crippen molar-refractivity contribution in [2.75, 3.05) is 0 Å². The van der Waals surface area contributed by atoms with Crippen LogP contribution in [0.15, 0.2) is 231 Å².